The first kappa shape index (κ1) is 18.2. The van der Waals surface area contributed by atoms with E-state index in [1.165, 1.54) is 5.56 Å². The number of benzene rings is 2. The van der Waals surface area contributed by atoms with Gasteiger partial charge in [-0.15, -0.1) is 10.2 Å². The molecule has 0 amide bonds. The molecule has 3 heterocycles. The van der Waals surface area contributed by atoms with Gasteiger partial charge in [0, 0.05) is 44.1 Å². The number of hydrogen-bond acceptors (Lipinski definition) is 5. The fraction of sp³-hybridized carbons (Fsp3) is 0.174. The number of rotatable bonds is 4. The molecule has 0 unspecified atom stereocenters. The smallest absolute Gasteiger partial charge is 0.185 e. The van der Waals surface area contributed by atoms with Crippen LogP contribution in [0.2, 0.25) is 0 Å². The van der Waals surface area contributed by atoms with Gasteiger partial charge in [-0.05, 0) is 47.5 Å². The van der Waals surface area contributed by atoms with E-state index in [0.29, 0.717) is 12.1 Å². The summed E-state index contributed by atoms with van der Waals surface area (Å²) >= 11 is 0. The molecular formula is C23H21N7. The van der Waals surface area contributed by atoms with Crippen LogP contribution in [0.4, 0.5) is 5.69 Å². The second kappa shape index (κ2) is 7.17. The van der Waals surface area contributed by atoms with Gasteiger partial charge < -0.3 is 15.2 Å². The summed E-state index contributed by atoms with van der Waals surface area (Å²) < 4.78 is 4.26. The summed E-state index contributed by atoms with van der Waals surface area (Å²) in [5.74, 6) is 0.816. The highest BCUT2D eigenvalue weighted by Gasteiger charge is 2.22. The third-order valence-electron chi connectivity index (χ3n) is 5.59. The van der Waals surface area contributed by atoms with Crippen LogP contribution in [-0.4, -0.2) is 39.5 Å². The number of fused-ring (bicyclic) bond motifs is 5. The molecule has 5 rings (SSSR count). The topological polar surface area (TPSA) is 88.7 Å². The van der Waals surface area contributed by atoms with Gasteiger partial charge in [-0.3, -0.25) is 4.57 Å². The Morgan fingerprint density at radius 3 is 2.73 bits per heavy atom. The van der Waals surface area contributed by atoms with Crippen LogP contribution in [0.5, 0.6) is 0 Å². The first-order valence-corrected chi connectivity index (χ1v) is 9.83. The average Bonchev–Trinajstić information content (AvgIpc) is 3.39. The summed E-state index contributed by atoms with van der Waals surface area (Å²) in [7, 11) is 2.06. The second-order valence-corrected chi connectivity index (χ2v) is 7.48. The van der Waals surface area contributed by atoms with Crippen LogP contribution in [0.25, 0.3) is 28.3 Å². The number of anilines is 1. The molecule has 0 radical (unpaired) electrons. The molecule has 0 saturated heterocycles. The molecule has 2 N–H and O–H groups in total. The van der Waals surface area contributed by atoms with E-state index in [1.54, 1.807) is 6.33 Å². The fourth-order valence-corrected chi connectivity index (χ4v) is 3.99. The maximum atomic E-state index is 9.05. The van der Waals surface area contributed by atoms with E-state index >= 15 is 0 Å². The lowest BCUT2D eigenvalue weighted by atomic mass is 10.1. The Labute approximate surface area is 174 Å². The van der Waals surface area contributed by atoms with Crippen molar-refractivity contribution in [3.63, 3.8) is 0 Å². The van der Waals surface area contributed by atoms with Crippen LogP contribution >= 0.6 is 0 Å². The summed E-state index contributed by atoms with van der Waals surface area (Å²) in [5.41, 5.74) is 13.0. The largest absolute Gasteiger partial charge is 0.373 e. The number of likely N-dealkylation sites (N-methyl/N-ethyl adjacent to an activating group) is 1. The van der Waals surface area contributed by atoms with Crippen molar-refractivity contribution in [1.82, 2.24) is 19.3 Å². The first-order chi connectivity index (χ1) is 14.7. The monoisotopic (exact) mass is 395 g/mol. The Balaban J connectivity index is 1.61. The van der Waals surface area contributed by atoms with E-state index in [0.717, 1.165) is 47.1 Å². The molecule has 1 aliphatic heterocycles. The molecular weight excluding hydrogens is 374 g/mol. The van der Waals surface area contributed by atoms with Crippen LogP contribution < -0.4 is 10.6 Å². The van der Waals surface area contributed by atoms with Gasteiger partial charge in [0.1, 0.15) is 6.33 Å². The van der Waals surface area contributed by atoms with Gasteiger partial charge in [0.05, 0.1) is 23.0 Å². The van der Waals surface area contributed by atoms with Gasteiger partial charge in [-0.1, -0.05) is 12.1 Å². The quantitative estimate of drug-likeness (QED) is 0.505. The third kappa shape index (κ3) is 2.95. The lowest BCUT2D eigenvalue weighted by Crippen LogP contribution is -2.25. The van der Waals surface area contributed by atoms with Crippen molar-refractivity contribution in [3.05, 3.63) is 72.2 Å². The summed E-state index contributed by atoms with van der Waals surface area (Å²) in [6, 6.07) is 18.4. The molecule has 0 atom stereocenters. The summed E-state index contributed by atoms with van der Waals surface area (Å²) in [6.45, 7) is 2.14. The van der Waals surface area contributed by atoms with Crippen molar-refractivity contribution in [2.45, 2.75) is 6.54 Å². The maximum absolute atomic E-state index is 9.05. The van der Waals surface area contributed by atoms with Crippen molar-refractivity contribution in [1.29, 1.82) is 5.26 Å². The second-order valence-electron chi connectivity index (χ2n) is 7.48. The number of nitrogens with two attached hydrogens (primary N) is 1. The van der Waals surface area contributed by atoms with Crippen molar-refractivity contribution in [2.24, 2.45) is 5.73 Å². The van der Waals surface area contributed by atoms with Crippen molar-refractivity contribution >= 4 is 5.69 Å². The molecule has 0 fully saturated rings. The van der Waals surface area contributed by atoms with Crippen molar-refractivity contribution < 1.29 is 0 Å². The molecule has 0 aliphatic carbocycles. The lowest BCUT2D eigenvalue weighted by molar-refractivity contribution is 0.814. The Morgan fingerprint density at radius 2 is 1.97 bits per heavy atom. The molecule has 0 spiro atoms. The third-order valence-corrected chi connectivity index (χ3v) is 5.59. The highest BCUT2D eigenvalue weighted by Crippen LogP contribution is 2.34. The highest BCUT2D eigenvalue weighted by atomic mass is 15.3. The average molecular weight is 395 g/mol. The van der Waals surface area contributed by atoms with Gasteiger partial charge in [0.15, 0.2) is 5.82 Å². The lowest BCUT2D eigenvalue weighted by Gasteiger charge is -2.20. The SMILES string of the molecule is CN(CCN)c1ccc2c(c1)Cn1cc(-c3ccc(C#N)cc3)cc1-c1nncn1-2. The number of nitriles is 1. The van der Waals surface area contributed by atoms with Crippen molar-refractivity contribution in [3.8, 4) is 34.4 Å². The van der Waals surface area contributed by atoms with Crippen LogP contribution in [0.15, 0.2) is 61.1 Å². The Hall–Kier alpha value is -3.89. The highest BCUT2D eigenvalue weighted by molar-refractivity contribution is 5.72. The predicted molar refractivity (Wildman–Crippen MR) is 116 cm³/mol. The Bertz CT molecular complexity index is 1260. The Kier molecular flexibility index (Phi) is 4.34. The zero-order valence-corrected chi connectivity index (χ0v) is 16.7. The first-order valence-electron chi connectivity index (χ1n) is 9.83. The fourth-order valence-electron chi connectivity index (χ4n) is 3.99. The Morgan fingerprint density at radius 1 is 1.13 bits per heavy atom. The van der Waals surface area contributed by atoms with E-state index in [9.17, 15) is 0 Å². The zero-order valence-electron chi connectivity index (χ0n) is 16.7. The predicted octanol–water partition coefficient (Wildman–Crippen LogP) is 3.03. The van der Waals surface area contributed by atoms with Crippen LogP contribution in [-0.2, 0) is 6.54 Å². The number of nitrogens with zero attached hydrogens (tertiary/aromatic N) is 6. The molecule has 7 nitrogen and oxygen atoms in total. The van der Waals surface area contributed by atoms with Gasteiger partial charge in [-0.2, -0.15) is 5.26 Å². The van der Waals surface area contributed by atoms with E-state index < -0.39 is 0 Å². The van der Waals surface area contributed by atoms with E-state index in [1.807, 2.05) is 28.8 Å². The van der Waals surface area contributed by atoms with Crippen LogP contribution in [0, 0.1) is 11.3 Å². The van der Waals surface area contributed by atoms with Crippen LogP contribution in [0.3, 0.4) is 0 Å². The number of aromatic nitrogens is 4. The molecule has 148 valence electrons. The van der Waals surface area contributed by atoms with Gasteiger partial charge in [-0.25, -0.2) is 0 Å². The van der Waals surface area contributed by atoms with Gasteiger partial charge in [0.25, 0.3) is 0 Å². The summed E-state index contributed by atoms with van der Waals surface area (Å²) in [5, 5.41) is 17.6. The van der Waals surface area contributed by atoms with Gasteiger partial charge >= 0.3 is 0 Å². The molecule has 7 heteroatoms. The minimum absolute atomic E-state index is 0.610. The zero-order chi connectivity index (χ0) is 20.7. The molecule has 2 aromatic carbocycles. The van der Waals surface area contributed by atoms with Crippen LogP contribution in [0.1, 0.15) is 11.1 Å². The summed E-state index contributed by atoms with van der Waals surface area (Å²) in [6.07, 6.45) is 3.91. The van der Waals surface area contributed by atoms with Gasteiger partial charge in [0.2, 0.25) is 0 Å². The summed E-state index contributed by atoms with van der Waals surface area (Å²) in [4.78, 5) is 2.16. The minimum Gasteiger partial charge on any atom is -0.373 e. The normalized spacial score (nSPS) is 11.8. The number of hydrogen-bond donors (Lipinski definition) is 1. The molecule has 0 saturated carbocycles. The molecule has 2 aromatic heterocycles. The van der Waals surface area contributed by atoms with Crippen molar-refractivity contribution in [2.75, 3.05) is 25.0 Å². The molecule has 0 bridgehead atoms. The minimum atomic E-state index is 0.610. The van der Waals surface area contributed by atoms with E-state index in [4.69, 9.17) is 11.0 Å². The van der Waals surface area contributed by atoms with E-state index in [-0.39, 0.29) is 0 Å². The molecule has 4 aromatic rings. The maximum Gasteiger partial charge on any atom is 0.185 e. The molecule has 1 aliphatic rings. The standard InChI is InChI=1S/C23H21N7/c1-28(9-8-24)20-6-7-21-19(10-20)14-29-13-18(17-4-2-16(12-25)3-5-17)11-22(29)23-27-26-15-30(21)23/h2-7,10-11,13,15H,8-9,14,24H2,1H3. The van der Waals surface area contributed by atoms with E-state index in [2.05, 4.69) is 63.2 Å². The molecule has 30 heavy (non-hydrogen) atoms.